The van der Waals surface area contributed by atoms with E-state index in [1.54, 1.807) is 24.1 Å². The fourth-order valence-electron chi connectivity index (χ4n) is 4.63. The van der Waals surface area contributed by atoms with E-state index >= 15 is 0 Å². The van der Waals surface area contributed by atoms with Gasteiger partial charge in [-0.2, -0.15) is 4.98 Å². The first-order valence-electron chi connectivity index (χ1n) is 11.4. The molecule has 3 aromatic rings. The summed E-state index contributed by atoms with van der Waals surface area (Å²) in [7, 11) is 0. The number of aryl methyl sites for hydroxylation is 1. The molecular formula is C25H25FN4O5. The first-order chi connectivity index (χ1) is 16.6. The number of benzene rings is 1. The average molecular weight is 480 g/mol. The number of fused-ring (bicyclic) bond motifs is 1. The van der Waals surface area contributed by atoms with E-state index in [-0.39, 0.29) is 47.4 Å². The van der Waals surface area contributed by atoms with E-state index in [9.17, 15) is 14.0 Å². The van der Waals surface area contributed by atoms with E-state index in [1.165, 1.54) is 18.2 Å². The summed E-state index contributed by atoms with van der Waals surface area (Å²) in [6.45, 7) is 7.47. The Kier molecular flexibility index (Phi) is 5.53. The lowest BCUT2D eigenvalue weighted by Crippen LogP contribution is -2.49. The molecule has 1 aromatic carbocycles. The zero-order chi connectivity index (χ0) is 24.9. The second-order valence-electron chi connectivity index (χ2n) is 9.39. The van der Waals surface area contributed by atoms with Gasteiger partial charge in [-0.3, -0.25) is 4.79 Å². The largest absolute Gasteiger partial charge is 0.472 e. The normalized spacial score (nSPS) is 20.9. The number of cyclic esters (lactones) is 1. The van der Waals surface area contributed by atoms with Crippen LogP contribution in [0.15, 0.2) is 35.0 Å². The van der Waals surface area contributed by atoms with Gasteiger partial charge in [-0.05, 0) is 57.9 Å². The van der Waals surface area contributed by atoms with Crippen molar-refractivity contribution in [2.75, 3.05) is 6.54 Å². The van der Waals surface area contributed by atoms with Crippen LogP contribution in [0.25, 0.3) is 11.4 Å². The molecule has 1 amide bonds. The molecule has 1 saturated heterocycles. The Labute approximate surface area is 201 Å². The minimum Gasteiger partial charge on any atom is -0.472 e. The number of ether oxygens (including phenoxy) is 2. The third kappa shape index (κ3) is 4.13. The van der Waals surface area contributed by atoms with Crippen LogP contribution in [0.1, 0.15) is 65.8 Å². The van der Waals surface area contributed by atoms with Crippen LogP contribution in [0.4, 0.5) is 4.39 Å². The summed E-state index contributed by atoms with van der Waals surface area (Å²) in [6.07, 6.45) is 2.56. The Morgan fingerprint density at radius 2 is 2.06 bits per heavy atom. The number of hydrogen-bond acceptors (Lipinski definition) is 8. The summed E-state index contributed by atoms with van der Waals surface area (Å²) < 4.78 is 30.7. The van der Waals surface area contributed by atoms with Crippen molar-refractivity contribution in [2.24, 2.45) is 0 Å². The van der Waals surface area contributed by atoms with E-state index < -0.39 is 17.4 Å². The number of rotatable bonds is 4. The van der Waals surface area contributed by atoms with Crippen LogP contribution in [0, 0.1) is 12.7 Å². The quantitative estimate of drug-likeness (QED) is 0.515. The first-order valence-corrected chi connectivity index (χ1v) is 11.4. The molecule has 0 unspecified atom stereocenters. The number of hydrogen-bond donors (Lipinski definition) is 0. The standard InChI is InChI=1S/C25H25FN4O5/c1-13-5-7-16(33-22-20-19(9-10-27-22)25(3,4)34-24(20)32)12-30(13)23(31)17-8-6-15(26)11-18(17)21-28-14(2)35-29-21/h6,8-11,13,16H,5,7,12H2,1-4H3/t13-,16-/m1/s1. The number of piperidine rings is 1. The number of nitrogens with zero attached hydrogens (tertiary/aromatic N) is 4. The maximum atomic E-state index is 14.0. The van der Waals surface area contributed by atoms with Gasteiger partial charge in [0.1, 0.15) is 23.1 Å². The number of halogens is 1. The summed E-state index contributed by atoms with van der Waals surface area (Å²) in [5.41, 5.74) is 0.805. The van der Waals surface area contributed by atoms with E-state index in [0.29, 0.717) is 24.3 Å². The maximum Gasteiger partial charge on any atom is 0.344 e. The Balaban J connectivity index is 1.41. The fourth-order valence-corrected chi connectivity index (χ4v) is 4.63. The lowest BCUT2D eigenvalue weighted by Gasteiger charge is -2.38. The zero-order valence-corrected chi connectivity index (χ0v) is 19.9. The van der Waals surface area contributed by atoms with Gasteiger partial charge in [0.2, 0.25) is 17.6 Å². The SMILES string of the molecule is Cc1nc(-c2cc(F)ccc2C(=O)N2C[C@H](Oc3nccc4c3C(=O)OC4(C)C)CC[C@H]2C)no1. The van der Waals surface area contributed by atoms with Gasteiger partial charge in [0.25, 0.3) is 5.91 Å². The number of likely N-dealkylation sites (tertiary alicyclic amines) is 1. The summed E-state index contributed by atoms with van der Waals surface area (Å²) in [5.74, 6) is -0.618. The van der Waals surface area contributed by atoms with Crippen molar-refractivity contribution in [3.05, 3.63) is 58.9 Å². The summed E-state index contributed by atoms with van der Waals surface area (Å²) >= 11 is 0. The lowest BCUT2D eigenvalue weighted by molar-refractivity contribution is 0.00905. The van der Waals surface area contributed by atoms with Gasteiger partial charge < -0.3 is 18.9 Å². The molecule has 0 aliphatic carbocycles. The molecule has 0 bridgehead atoms. The number of esters is 1. The molecule has 4 heterocycles. The molecule has 2 aliphatic rings. The van der Waals surface area contributed by atoms with Crippen LogP contribution >= 0.6 is 0 Å². The number of pyridine rings is 1. The van der Waals surface area contributed by atoms with Crippen LogP contribution in [-0.2, 0) is 10.3 Å². The van der Waals surface area contributed by atoms with Gasteiger partial charge in [-0.15, -0.1) is 0 Å². The van der Waals surface area contributed by atoms with Crippen molar-refractivity contribution in [2.45, 2.75) is 58.3 Å². The summed E-state index contributed by atoms with van der Waals surface area (Å²) in [5, 5.41) is 3.86. The first kappa shape index (κ1) is 22.9. The molecule has 1 fully saturated rings. The third-order valence-electron chi connectivity index (χ3n) is 6.48. The highest BCUT2D eigenvalue weighted by Gasteiger charge is 2.41. The van der Waals surface area contributed by atoms with Gasteiger partial charge in [0, 0.05) is 30.3 Å². The van der Waals surface area contributed by atoms with Gasteiger partial charge in [-0.1, -0.05) is 5.16 Å². The molecule has 182 valence electrons. The number of aromatic nitrogens is 3. The van der Waals surface area contributed by atoms with E-state index in [2.05, 4.69) is 15.1 Å². The van der Waals surface area contributed by atoms with Crippen molar-refractivity contribution >= 4 is 11.9 Å². The van der Waals surface area contributed by atoms with Crippen LogP contribution in [-0.4, -0.2) is 50.6 Å². The molecule has 10 heteroatoms. The van der Waals surface area contributed by atoms with Gasteiger partial charge in [-0.25, -0.2) is 14.2 Å². The molecular weight excluding hydrogens is 455 g/mol. The molecule has 2 atom stereocenters. The molecule has 9 nitrogen and oxygen atoms in total. The predicted octanol–water partition coefficient (Wildman–Crippen LogP) is 4.06. The Bertz CT molecular complexity index is 1320. The predicted molar refractivity (Wildman–Crippen MR) is 121 cm³/mol. The second kappa shape index (κ2) is 8.44. The second-order valence-corrected chi connectivity index (χ2v) is 9.39. The van der Waals surface area contributed by atoms with E-state index in [4.69, 9.17) is 14.0 Å². The topological polar surface area (TPSA) is 108 Å². The minimum absolute atomic E-state index is 0.0781. The lowest BCUT2D eigenvalue weighted by atomic mass is 9.97. The number of carbonyl (C=O) groups is 2. The third-order valence-corrected chi connectivity index (χ3v) is 6.48. The molecule has 0 radical (unpaired) electrons. The molecule has 2 aromatic heterocycles. The van der Waals surface area contributed by atoms with Crippen molar-refractivity contribution in [1.29, 1.82) is 0 Å². The van der Waals surface area contributed by atoms with Crippen molar-refractivity contribution in [1.82, 2.24) is 20.0 Å². The fraction of sp³-hybridized carbons (Fsp3) is 0.400. The van der Waals surface area contributed by atoms with Crippen LogP contribution in [0.5, 0.6) is 5.88 Å². The maximum absolute atomic E-state index is 14.0. The highest BCUT2D eigenvalue weighted by molar-refractivity contribution is 6.00. The van der Waals surface area contributed by atoms with Gasteiger partial charge in [0.15, 0.2) is 0 Å². The van der Waals surface area contributed by atoms with Crippen LogP contribution in [0.2, 0.25) is 0 Å². The number of amides is 1. The Hall–Kier alpha value is -3.82. The van der Waals surface area contributed by atoms with E-state index in [1.807, 2.05) is 20.8 Å². The smallest absolute Gasteiger partial charge is 0.344 e. The summed E-state index contributed by atoms with van der Waals surface area (Å²) in [4.78, 5) is 36.2. The molecule has 0 saturated carbocycles. The molecule has 0 spiro atoms. The Morgan fingerprint density at radius 1 is 1.26 bits per heavy atom. The average Bonchev–Trinajstić information content (AvgIpc) is 3.35. The van der Waals surface area contributed by atoms with E-state index in [0.717, 1.165) is 5.56 Å². The summed E-state index contributed by atoms with van der Waals surface area (Å²) in [6, 6.07) is 5.56. The van der Waals surface area contributed by atoms with Crippen molar-refractivity contribution < 1.29 is 28.0 Å². The van der Waals surface area contributed by atoms with Crippen LogP contribution < -0.4 is 4.74 Å². The highest BCUT2D eigenvalue weighted by Crippen LogP contribution is 2.40. The van der Waals surface area contributed by atoms with Gasteiger partial charge >= 0.3 is 5.97 Å². The number of carbonyl (C=O) groups excluding carboxylic acids is 2. The van der Waals surface area contributed by atoms with Crippen molar-refractivity contribution in [3.8, 4) is 17.3 Å². The van der Waals surface area contributed by atoms with Crippen LogP contribution in [0.3, 0.4) is 0 Å². The van der Waals surface area contributed by atoms with Gasteiger partial charge in [0.05, 0.1) is 12.1 Å². The Morgan fingerprint density at radius 3 is 2.80 bits per heavy atom. The molecule has 5 rings (SSSR count). The molecule has 2 aliphatic heterocycles. The monoisotopic (exact) mass is 480 g/mol. The van der Waals surface area contributed by atoms with Crippen molar-refractivity contribution in [3.63, 3.8) is 0 Å². The molecule has 0 N–H and O–H groups in total. The molecule has 35 heavy (non-hydrogen) atoms. The highest BCUT2D eigenvalue weighted by atomic mass is 19.1. The minimum atomic E-state index is -0.761. The zero-order valence-electron chi connectivity index (χ0n) is 19.9.